The van der Waals surface area contributed by atoms with Crippen LogP contribution in [0.4, 0.5) is 0 Å². The van der Waals surface area contributed by atoms with Crippen molar-refractivity contribution < 1.29 is 5.11 Å². The molecule has 1 aliphatic rings. The van der Waals surface area contributed by atoms with Crippen molar-refractivity contribution in [3.63, 3.8) is 0 Å². The van der Waals surface area contributed by atoms with E-state index in [0.717, 1.165) is 32.5 Å². The topological polar surface area (TPSA) is 49.5 Å². The Hall–Kier alpha value is -0.120. The van der Waals surface area contributed by atoms with Crippen LogP contribution in [0.1, 0.15) is 26.7 Å². The molecule has 3 heteroatoms. The third kappa shape index (κ3) is 3.25. The zero-order chi connectivity index (χ0) is 9.84. The first-order valence-electron chi connectivity index (χ1n) is 5.29. The minimum absolute atomic E-state index is 0.216. The van der Waals surface area contributed by atoms with Crippen molar-refractivity contribution in [1.29, 1.82) is 0 Å². The van der Waals surface area contributed by atoms with E-state index in [4.69, 9.17) is 5.73 Å². The average Bonchev–Trinajstić information content (AvgIpc) is 2.07. The lowest BCUT2D eigenvalue weighted by molar-refractivity contribution is 0.0858. The summed E-state index contributed by atoms with van der Waals surface area (Å²) in [5, 5.41) is 9.26. The molecule has 1 saturated heterocycles. The van der Waals surface area contributed by atoms with Crippen molar-refractivity contribution >= 4 is 0 Å². The zero-order valence-electron chi connectivity index (χ0n) is 8.74. The van der Waals surface area contributed by atoms with Crippen molar-refractivity contribution in [1.82, 2.24) is 4.90 Å². The van der Waals surface area contributed by atoms with Gasteiger partial charge in [0.1, 0.15) is 0 Å². The van der Waals surface area contributed by atoms with Crippen molar-refractivity contribution in [2.45, 2.75) is 38.8 Å². The van der Waals surface area contributed by atoms with E-state index in [2.05, 4.69) is 11.8 Å². The van der Waals surface area contributed by atoms with E-state index in [9.17, 15) is 5.11 Å². The first kappa shape index (κ1) is 11.0. The van der Waals surface area contributed by atoms with Crippen LogP contribution in [0.25, 0.3) is 0 Å². The molecule has 2 unspecified atom stereocenters. The number of hydrogen-bond acceptors (Lipinski definition) is 3. The van der Waals surface area contributed by atoms with Gasteiger partial charge >= 0.3 is 0 Å². The van der Waals surface area contributed by atoms with E-state index in [1.54, 1.807) is 0 Å². The quantitative estimate of drug-likeness (QED) is 0.672. The summed E-state index contributed by atoms with van der Waals surface area (Å²) in [5.41, 5.74) is 5.99. The second-order valence-electron chi connectivity index (χ2n) is 4.23. The molecule has 1 rings (SSSR count). The molecule has 0 aromatic heterocycles. The molecule has 13 heavy (non-hydrogen) atoms. The van der Waals surface area contributed by atoms with Gasteiger partial charge in [0.05, 0.1) is 6.10 Å². The van der Waals surface area contributed by atoms with Gasteiger partial charge in [-0.25, -0.2) is 0 Å². The summed E-state index contributed by atoms with van der Waals surface area (Å²) in [6, 6.07) is 0.371. The van der Waals surface area contributed by atoms with Crippen LogP contribution < -0.4 is 5.73 Å². The maximum atomic E-state index is 9.26. The number of β-amino-alcohol motifs (C(OH)–C–C–N with tert-alkyl or cyclic N) is 1. The Morgan fingerprint density at radius 1 is 1.62 bits per heavy atom. The predicted octanol–water partition coefficient (Wildman–Crippen LogP) is 0.426. The second-order valence-corrected chi connectivity index (χ2v) is 4.23. The summed E-state index contributed by atoms with van der Waals surface area (Å²) in [7, 11) is 0. The zero-order valence-corrected chi connectivity index (χ0v) is 8.74. The molecular formula is C10H22N2O. The second kappa shape index (κ2) is 4.94. The van der Waals surface area contributed by atoms with Crippen molar-refractivity contribution in [2.75, 3.05) is 19.6 Å². The van der Waals surface area contributed by atoms with E-state index in [0.29, 0.717) is 12.0 Å². The molecule has 0 aliphatic carbocycles. The third-order valence-electron chi connectivity index (χ3n) is 2.92. The summed E-state index contributed by atoms with van der Waals surface area (Å²) in [5.74, 6) is 0.618. The number of nitrogens with two attached hydrogens (primary N) is 1. The molecule has 0 aromatic carbocycles. The van der Waals surface area contributed by atoms with Crippen LogP contribution in [-0.4, -0.2) is 41.8 Å². The Kier molecular flexibility index (Phi) is 4.16. The predicted molar refractivity (Wildman–Crippen MR) is 54.5 cm³/mol. The molecule has 0 bridgehead atoms. The Bertz CT molecular complexity index is 150. The Morgan fingerprint density at radius 3 is 2.85 bits per heavy atom. The highest BCUT2D eigenvalue weighted by atomic mass is 16.3. The fraction of sp³-hybridized carbons (Fsp3) is 1.00. The fourth-order valence-corrected chi connectivity index (χ4v) is 2.10. The molecule has 3 nitrogen and oxygen atoms in total. The van der Waals surface area contributed by atoms with Gasteiger partial charge in [-0.05, 0) is 25.8 Å². The van der Waals surface area contributed by atoms with E-state index in [-0.39, 0.29) is 6.10 Å². The Balaban J connectivity index is 2.36. The molecule has 0 radical (unpaired) electrons. The summed E-state index contributed by atoms with van der Waals surface area (Å²) < 4.78 is 0. The first-order chi connectivity index (χ1) is 6.13. The average molecular weight is 186 g/mol. The number of piperidine rings is 1. The molecule has 78 valence electrons. The van der Waals surface area contributed by atoms with Crippen LogP contribution in [0.2, 0.25) is 0 Å². The first-order valence-corrected chi connectivity index (χ1v) is 5.29. The monoisotopic (exact) mass is 186 g/mol. The highest BCUT2D eigenvalue weighted by molar-refractivity contribution is 4.82. The van der Waals surface area contributed by atoms with Crippen LogP contribution >= 0.6 is 0 Å². The Labute approximate surface area is 80.9 Å². The number of likely N-dealkylation sites (tertiary alicyclic amines) is 1. The van der Waals surface area contributed by atoms with Gasteiger partial charge in [-0.15, -0.1) is 0 Å². The summed E-state index contributed by atoms with van der Waals surface area (Å²) in [6.07, 6.45) is 2.01. The molecule has 0 amide bonds. The van der Waals surface area contributed by atoms with Crippen molar-refractivity contribution in [3.8, 4) is 0 Å². The molecule has 3 N–H and O–H groups in total. The maximum absolute atomic E-state index is 9.26. The van der Waals surface area contributed by atoms with Gasteiger partial charge in [-0.3, -0.25) is 0 Å². The third-order valence-corrected chi connectivity index (χ3v) is 2.92. The van der Waals surface area contributed by atoms with E-state index < -0.39 is 0 Å². The molecule has 0 saturated carbocycles. The minimum Gasteiger partial charge on any atom is -0.392 e. The van der Waals surface area contributed by atoms with Gasteiger partial charge in [0.15, 0.2) is 0 Å². The smallest absolute Gasteiger partial charge is 0.0639 e. The van der Waals surface area contributed by atoms with Crippen LogP contribution in [0.3, 0.4) is 0 Å². The number of hydrogen-bond donors (Lipinski definition) is 2. The standard InChI is InChI=1S/C10H22N2O/c1-3-9-7-12(6-8(2)13)5-4-10(9)11/h8-10,13H,3-7,11H2,1-2H3/t8-,9?,10?/m1/s1. The fourth-order valence-electron chi connectivity index (χ4n) is 2.10. The molecule has 1 fully saturated rings. The van der Waals surface area contributed by atoms with Crippen LogP contribution in [0.15, 0.2) is 0 Å². The molecule has 0 aromatic rings. The number of aliphatic hydroxyl groups excluding tert-OH is 1. The summed E-state index contributed by atoms with van der Waals surface area (Å²) >= 11 is 0. The van der Waals surface area contributed by atoms with Crippen LogP contribution in [0.5, 0.6) is 0 Å². The highest BCUT2D eigenvalue weighted by Crippen LogP contribution is 2.18. The molecule has 1 heterocycles. The van der Waals surface area contributed by atoms with Gasteiger partial charge in [-0.2, -0.15) is 0 Å². The lowest BCUT2D eigenvalue weighted by Gasteiger charge is -2.37. The van der Waals surface area contributed by atoms with E-state index >= 15 is 0 Å². The normalized spacial score (nSPS) is 33.2. The highest BCUT2D eigenvalue weighted by Gasteiger charge is 2.25. The summed E-state index contributed by atoms with van der Waals surface area (Å²) in [4.78, 5) is 2.32. The number of aliphatic hydroxyl groups is 1. The maximum Gasteiger partial charge on any atom is 0.0639 e. The van der Waals surface area contributed by atoms with E-state index in [1.165, 1.54) is 0 Å². The summed E-state index contributed by atoms with van der Waals surface area (Å²) in [6.45, 7) is 6.93. The lowest BCUT2D eigenvalue weighted by Crippen LogP contribution is -2.48. The SMILES string of the molecule is CCC1CN(C[C@@H](C)O)CCC1N. The van der Waals surface area contributed by atoms with Crippen LogP contribution in [-0.2, 0) is 0 Å². The molecule has 3 atom stereocenters. The minimum atomic E-state index is -0.216. The van der Waals surface area contributed by atoms with Gasteiger partial charge < -0.3 is 15.7 Å². The van der Waals surface area contributed by atoms with Gasteiger partial charge in [-0.1, -0.05) is 13.3 Å². The molecule has 0 spiro atoms. The Morgan fingerprint density at radius 2 is 2.31 bits per heavy atom. The number of rotatable bonds is 3. The van der Waals surface area contributed by atoms with Crippen LogP contribution in [0, 0.1) is 5.92 Å². The van der Waals surface area contributed by atoms with Gasteiger partial charge in [0.2, 0.25) is 0 Å². The molecular weight excluding hydrogens is 164 g/mol. The van der Waals surface area contributed by atoms with E-state index in [1.807, 2.05) is 6.92 Å². The lowest BCUT2D eigenvalue weighted by atomic mass is 9.90. The number of nitrogens with zero attached hydrogens (tertiary/aromatic N) is 1. The molecule has 1 aliphatic heterocycles. The van der Waals surface area contributed by atoms with Gasteiger partial charge in [0.25, 0.3) is 0 Å². The van der Waals surface area contributed by atoms with Crippen molar-refractivity contribution in [2.24, 2.45) is 11.7 Å². The van der Waals surface area contributed by atoms with Gasteiger partial charge in [0, 0.05) is 19.1 Å². The largest absolute Gasteiger partial charge is 0.392 e. The van der Waals surface area contributed by atoms with Crippen molar-refractivity contribution in [3.05, 3.63) is 0 Å².